The van der Waals surface area contributed by atoms with Crippen molar-refractivity contribution in [3.05, 3.63) is 12.2 Å². The summed E-state index contributed by atoms with van der Waals surface area (Å²) in [6.07, 6.45) is 11.3. The van der Waals surface area contributed by atoms with E-state index in [1.807, 2.05) is 0 Å². The van der Waals surface area contributed by atoms with Crippen LogP contribution in [-0.2, 0) is 4.74 Å². The molecule has 4 rings (SSSR count). The van der Waals surface area contributed by atoms with Gasteiger partial charge in [0, 0.05) is 12.0 Å². The van der Waals surface area contributed by atoms with Crippen molar-refractivity contribution >= 4 is 0 Å². The lowest BCUT2D eigenvalue weighted by atomic mass is 9.71. The minimum atomic E-state index is 0.613. The molecule has 13 heavy (non-hydrogen) atoms. The predicted molar refractivity (Wildman–Crippen MR) is 50.3 cm³/mol. The van der Waals surface area contributed by atoms with E-state index in [-0.39, 0.29) is 0 Å². The molecule has 0 radical (unpaired) electrons. The van der Waals surface area contributed by atoms with Gasteiger partial charge >= 0.3 is 0 Å². The van der Waals surface area contributed by atoms with Crippen molar-refractivity contribution in [3.8, 4) is 0 Å². The lowest BCUT2D eigenvalue weighted by Crippen LogP contribution is -2.37. The molecular formula is C12H16O. The van der Waals surface area contributed by atoms with Gasteiger partial charge in [0.1, 0.15) is 0 Å². The highest BCUT2D eigenvalue weighted by Crippen LogP contribution is 2.64. The highest BCUT2D eigenvalue weighted by molar-refractivity contribution is 5.20. The van der Waals surface area contributed by atoms with E-state index >= 15 is 0 Å². The van der Waals surface area contributed by atoms with Crippen molar-refractivity contribution in [2.45, 2.75) is 31.8 Å². The van der Waals surface area contributed by atoms with Gasteiger partial charge in [-0.2, -0.15) is 0 Å². The molecule has 1 spiro atoms. The summed E-state index contributed by atoms with van der Waals surface area (Å²) >= 11 is 0. The number of hydrogen-bond acceptors (Lipinski definition) is 1. The van der Waals surface area contributed by atoms with Crippen LogP contribution in [0.4, 0.5) is 0 Å². The van der Waals surface area contributed by atoms with Gasteiger partial charge < -0.3 is 4.74 Å². The third kappa shape index (κ3) is 0.698. The molecule has 3 aliphatic carbocycles. The number of fused-ring (bicyclic) bond motifs is 6. The van der Waals surface area contributed by atoms with Gasteiger partial charge in [-0.3, -0.25) is 0 Å². The topological polar surface area (TPSA) is 9.23 Å². The van der Waals surface area contributed by atoms with E-state index in [0.717, 1.165) is 24.4 Å². The van der Waals surface area contributed by atoms with Gasteiger partial charge in [-0.05, 0) is 43.4 Å². The Balaban J connectivity index is 1.76. The molecule has 2 saturated carbocycles. The third-order valence-electron chi connectivity index (χ3n) is 4.94. The SMILES string of the molecule is C1=CC2CC1CC21CC2COC1C2. The van der Waals surface area contributed by atoms with Crippen LogP contribution in [0.15, 0.2) is 12.2 Å². The molecule has 5 atom stereocenters. The molecule has 0 N–H and O–H groups in total. The number of ether oxygens (including phenoxy) is 1. The van der Waals surface area contributed by atoms with E-state index in [1.165, 1.54) is 25.7 Å². The fraction of sp³-hybridized carbons (Fsp3) is 0.833. The van der Waals surface area contributed by atoms with E-state index in [1.54, 1.807) is 0 Å². The molecule has 1 aliphatic heterocycles. The second kappa shape index (κ2) is 2.03. The minimum absolute atomic E-state index is 0.613. The van der Waals surface area contributed by atoms with Crippen LogP contribution in [0.3, 0.4) is 0 Å². The summed E-state index contributed by atoms with van der Waals surface area (Å²) in [5.41, 5.74) is 0.613. The van der Waals surface area contributed by atoms with Gasteiger partial charge in [0.15, 0.2) is 0 Å². The Morgan fingerprint density at radius 1 is 1.15 bits per heavy atom. The summed E-state index contributed by atoms with van der Waals surface area (Å²) in [6.45, 7) is 1.06. The summed E-state index contributed by atoms with van der Waals surface area (Å²) in [4.78, 5) is 0. The van der Waals surface area contributed by atoms with Gasteiger partial charge in [0.25, 0.3) is 0 Å². The first-order valence-electron chi connectivity index (χ1n) is 5.67. The Labute approximate surface area is 79.2 Å². The highest BCUT2D eigenvalue weighted by Gasteiger charge is 2.60. The first-order valence-corrected chi connectivity index (χ1v) is 5.67. The van der Waals surface area contributed by atoms with Crippen LogP contribution in [0.2, 0.25) is 0 Å². The molecule has 5 unspecified atom stereocenters. The van der Waals surface area contributed by atoms with Gasteiger partial charge in [0.2, 0.25) is 0 Å². The largest absolute Gasteiger partial charge is 0.377 e. The minimum Gasteiger partial charge on any atom is -0.377 e. The van der Waals surface area contributed by atoms with E-state index in [0.29, 0.717) is 11.5 Å². The van der Waals surface area contributed by atoms with Gasteiger partial charge in [0.05, 0.1) is 6.10 Å². The predicted octanol–water partition coefficient (Wildman–Crippen LogP) is 2.38. The van der Waals surface area contributed by atoms with E-state index in [9.17, 15) is 0 Å². The zero-order chi connectivity index (χ0) is 8.47. The smallest absolute Gasteiger partial charge is 0.0640 e. The first-order chi connectivity index (χ1) is 6.37. The molecule has 1 saturated heterocycles. The fourth-order valence-corrected chi connectivity index (χ4v) is 4.50. The summed E-state index contributed by atoms with van der Waals surface area (Å²) < 4.78 is 5.91. The average Bonchev–Trinajstić information content (AvgIpc) is 2.79. The Bertz CT molecular complexity index is 283. The highest BCUT2D eigenvalue weighted by atomic mass is 16.5. The molecular weight excluding hydrogens is 160 g/mol. The first kappa shape index (κ1) is 7.05. The average molecular weight is 176 g/mol. The van der Waals surface area contributed by atoms with E-state index < -0.39 is 0 Å². The van der Waals surface area contributed by atoms with Gasteiger partial charge in [-0.15, -0.1) is 0 Å². The Morgan fingerprint density at radius 3 is 2.69 bits per heavy atom. The Hall–Kier alpha value is -0.300. The van der Waals surface area contributed by atoms with E-state index in [4.69, 9.17) is 4.74 Å². The monoisotopic (exact) mass is 176 g/mol. The van der Waals surface area contributed by atoms with Crippen molar-refractivity contribution in [3.63, 3.8) is 0 Å². The maximum absolute atomic E-state index is 5.91. The van der Waals surface area contributed by atoms with Crippen LogP contribution in [0.5, 0.6) is 0 Å². The number of allylic oxidation sites excluding steroid dienone is 2. The summed E-state index contributed by atoms with van der Waals surface area (Å²) in [5, 5.41) is 0. The summed E-state index contributed by atoms with van der Waals surface area (Å²) in [6, 6.07) is 0. The van der Waals surface area contributed by atoms with Crippen LogP contribution in [0.25, 0.3) is 0 Å². The molecule has 70 valence electrons. The fourth-order valence-electron chi connectivity index (χ4n) is 4.50. The molecule has 0 aromatic heterocycles. The van der Waals surface area contributed by atoms with Crippen molar-refractivity contribution < 1.29 is 4.74 Å². The standard InChI is InChI=1S/C12H16O/c1-2-10-3-8(1)5-12(10)6-9-4-11(12)13-7-9/h1-2,8-11H,3-7H2. The van der Waals surface area contributed by atoms with Crippen molar-refractivity contribution in [1.29, 1.82) is 0 Å². The zero-order valence-electron chi connectivity index (χ0n) is 7.91. The maximum atomic E-state index is 5.91. The van der Waals surface area contributed by atoms with Crippen LogP contribution in [0, 0.1) is 23.2 Å². The molecule has 1 heterocycles. The van der Waals surface area contributed by atoms with Crippen molar-refractivity contribution in [1.82, 2.24) is 0 Å². The van der Waals surface area contributed by atoms with Crippen LogP contribution in [-0.4, -0.2) is 12.7 Å². The lowest BCUT2D eigenvalue weighted by Gasteiger charge is -2.39. The quantitative estimate of drug-likeness (QED) is 0.515. The van der Waals surface area contributed by atoms with Crippen molar-refractivity contribution in [2.24, 2.45) is 23.2 Å². The third-order valence-corrected chi connectivity index (χ3v) is 4.94. The van der Waals surface area contributed by atoms with Crippen LogP contribution >= 0.6 is 0 Å². The number of hydrogen-bond donors (Lipinski definition) is 0. The maximum Gasteiger partial charge on any atom is 0.0640 e. The molecule has 1 nitrogen and oxygen atoms in total. The summed E-state index contributed by atoms with van der Waals surface area (Å²) in [7, 11) is 0. The lowest BCUT2D eigenvalue weighted by molar-refractivity contribution is -0.0427. The van der Waals surface area contributed by atoms with Gasteiger partial charge in [-0.25, -0.2) is 0 Å². The molecule has 4 bridgehead atoms. The molecule has 3 fully saturated rings. The van der Waals surface area contributed by atoms with Crippen LogP contribution < -0.4 is 0 Å². The van der Waals surface area contributed by atoms with E-state index in [2.05, 4.69) is 12.2 Å². The van der Waals surface area contributed by atoms with Crippen LogP contribution in [0.1, 0.15) is 25.7 Å². The normalized spacial score (nSPS) is 61.5. The Kier molecular flexibility index (Phi) is 1.10. The molecule has 0 aromatic carbocycles. The second-order valence-corrected chi connectivity index (χ2v) is 5.55. The zero-order valence-corrected chi connectivity index (χ0v) is 7.91. The van der Waals surface area contributed by atoms with Gasteiger partial charge in [-0.1, -0.05) is 12.2 Å². The number of rotatable bonds is 0. The molecule has 0 amide bonds. The van der Waals surface area contributed by atoms with Crippen molar-refractivity contribution in [2.75, 3.05) is 6.61 Å². The molecule has 1 heteroatoms. The Morgan fingerprint density at radius 2 is 2.15 bits per heavy atom. The molecule has 4 aliphatic rings. The molecule has 0 aromatic rings. The second-order valence-electron chi connectivity index (χ2n) is 5.55. The summed E-state index contributed by atoms with van der Waals surface area (Å²) in [5.74, 6) is 2.71.